The molecule has 0 radical (unpaired) electrons. The SMILES string of the molecule is CCc1cnc(-c2cc(C#N)c(N3CCN(C(=O)O)CC3)nc2C)o1. The molecule has 1 fully saturated rings. The summed E-state index contributed by atoms with van der Waals surface area (Å²) in [6.07, 6.45) is 1.51. The van der Waals surface area contributed by atoms with Gasteiger partial charge in [-0.3, -0.25) is 0 Å². The van der Waals surface area contributed by atoms with Crippen molar-refractivity contribution in [1.82, 2.24) is 14.9 Å². The highest BCUT2D eigenvalue weighted by molar-refractivity contribution is 5.68. The van der Waals surface area contributed by atoms with E-state index in [9.17, 15) is 10.1 Å². The molecule has 1 aliphatic rings. The molecule has 130 valence electrons. The molecule has 1 aliphatic heterocycles. The van der Waals surface area contributed by atoms with E-state index in [1.54, 1.807) is 12.3 Å². The Hall–Kier alpha value is -3.08. The number of aryl methyl sites for hydroxylation is 2. The third kappa shape index (κ3) is 3.26. The highest BCUT2D eigenvalue weighted by atomic mass is 16.4. The van der Waals surface area contributed by atoms with E-state index < -0.39 is 6.09 Å². The minimum absolute atomic E-state index is 0.391. The summed E-state index contributed by atoms with van der Waals surface area (Å²) in [5.41, 5.74) is 1.85. The van der Waals surface area contributed by atoms with Gasteiger partial charge >= 0.3 is 6.09 Å². The maximum atomic E-state index is 11.0. The summed E-state index contributed by atoms with van der Waals surface area (Å²) in [6, 6.07) is 3.92. The van der Waals surface area contributed by atoms with E-state index in [0.29, 0.717) is 49.0 Å². The topological polar surface area (TPSA) is 106 Å². The monoisotopic (exact) mass is 341 g/mol. The molecule has 25 heavy (non-hydrogen) atoms. The maximum Gasteiger partial charge on any atom is 0.407 e. The Labute approximate surface area is 145 Å². The quantitative estimate of drug-likeness (QED) is 0.912. The number of nitriles is 1. The van der Waals surface area contributed by atoms with Gasteiger partial charge in [-0.25, -0.2) is 14.8 Å². The number of nitrogens with zero attached hydrogens (tertiary/aromatic N) is 5. The molecule has 0 saturated carbocycles. The predicted octanol–water partition coefficient (Wildman–Crippen LogP) is 2.28. The van der Waals surface area contributed by atoms with Crippen LogP contribution in [0.4, 0.5) is 10.6 Å². The number of piperazine rings is 1. The molecular formula is C17H19N5O3. The van der Waals surface area contributed by atoms with Crippen LogP contribution in [-0.4, -0.2) is 52.2 Å². The van der Waals surface area contributed by atoms with Gasteiger partial charge in [0.05, 0.1) is 23.0 Å². The van der Waals surface area contributed by atoms with Crippen molar-refractivity contribution < 1.29 is 14.3 Å². The van der Waals surface area contributed by atoms with Crippen molar-refractivity contribution in [1.29, 1.82) is 5.26 Å². The van der Waals surface area contributed by atoms with Crippen LogP contribution < -0.4 is 4.90 Å². The van der Waals surface area contributed by atoms with Crippen molar-refractivity contribution in [3.63, 3.8) is 0 Å². The number of pyridine rings is 1. The summed E-state index contributed by atoms with van der Waals surface area (Å²) in [5.74, 6) is 1.82. The van der Waals surface area contributed by atoms with Gasteiger partial charge in [0.15, 0.2) is 0 Å². The molecule has 1 saturated heterocycles. The number of hydrogen-bond donors (Lipinski definition) is 1. The molecule has 2 aromatic rings. The van der Waals surface area contributed by atoms with Gasteiger partial charge in [-0.15, -0.1) is 0 Å². The number of carbonyl (C=O) groups is 1. The third-order valence-corrected chi connectivity index (χ3v) is 4.30. The summed E-state index contributed by atoms with van der Waals surface area (Å²) in [4.78, 5) is 23.2. The fourth-order valence-electron chi connectivity index (χ4n) is 2.84. The molecule has 3 heterocycles. The Kier molecular flexibility index (Phi) is 4.57. The van der Waals surface area contributed by atoms with Gasteiger partial charge in [-0.1, -0.05) is 6.92 Å². The molecule has 8 nitrogen and oxygen atoms in total. The zero-order valence-electron chi connectivity index (χ0n) is 14.2. The molecule has 3 rings (SSSR count). The molecular weight excluding hydrogens is 322 g/mol. The van der Waals surface area contributed by atoms with Crippen molar-refractivity contribution in [3.8, 4) is 17.5 Å². The van der Waals surface area contributed by atoms with E-state index in [4.69, 9.17) is 9.52 Å². The van der Waals surface area contributed by atoms with Gasteiger partial charge in [0, 0.05) is 32.6 Å². The first-order chi connectivity index (χ1) is 12.0. The summed E-state index contributed by atoms with van der Waals surface area (Å²) >= 11 is 0. The minimum Gasteiger partial charge on any atom is -0.465 e. The molecule has 0 bridgehead atoms. The number of hydrogen-bond acceptors (Lipinski definition) is 6. The van der Waals surface area contributed by atoms with Crippen molar-refractivity contribution in [2.24, 2.45) is 0 Å². The first kappa shape index (κ1) is 16.8. The van der Waals surface area contributed by atoms with Crippen molar-refractivity contribution in [3.05, 3.63) is 29.3 Å². The van der Waals surface area contributed by atoms with Crippen LogP contribution in [0, 0.1) is 18.3 Å². The Morgan fingerprint density at radius 2 is 2.12 bits per heavy atom. The molecule has 0 aromatic carbocycles. The number of amides is 1. The number of carboxylic acid groups (broad SMARTS) is 1. The van der Waals surface area contributed by atoms with Gasteiger partial charge in [0.25, 0.3) is 0 Å². The van der Waals surface area contributed by atoms with Crippen LogP contribution in [0.2, 0.25) is 0 Å². The largest absolute Gasteiger partial charge is 0.465 e. The van der Waals surface area contributed by atoms with Crippen molar-refractivity contribution in [2.45, 2.75) is 20.3 Å². The number of aromatic nitrogens is 2. The normalized spacial score (nSPS) is 14.4. The van der Waals surface area contributed by atoms with E-state index in [0.717, 1.165) is 17.9 Å². The fourth-order valence-corrected chi connectivity index (χ4v) is 2.84. The molecule has 2 aromatic heterocycles. The molecule has 0 aliphatic carbocycles. The van der Waals surface area contributed by atoms with Crippen LogP contribution >= 0.6 is 0 Å². The van der Waals surface area contributed by atoms with E-state index in [1.807, 2.05) is 18.7 Å². The Bertz CT molecular complexity index is 831. The number of rotatable bonds is 3. The molecule has 1 amide bonds. The van der Waals surface area contributed by atoms with Gasteiger partial charge < -0.3 is 19.3 Å². The molecule has 1 N–H and O–H groups in total. The molecule has 0 spiro atoms. The van der Waals surface area contributed by atoms with Gasteiger partial charge in [0.2, 0.25) is 5.89 Å². The first-order valence-electron chi connectivity index (χ1n) is 8.13. The molecule has 0 atom stereocenters. The fraction of sp³-hybridized carbons (Fsp3) is 0.412. The lowest BCUT2D eigenvalue weighted by molar-refractivity contribution is 0.142. The smallest absolute Gasteiger partial charge is 0.407 e. The second kappa shape index (κ2) is 6.81. The minimum atomic E-state index is -0.921. The Balaban J connectivity index is 1.90. The standard InChI is InChI=1S/C17H19N5O3/c1-3-13-10-19-16(25-13)14-8-12(9-18)15(20-11(14)2)21-4-6-22(7-5-21)17(23)24/h8,10H,3-7H2,1-2H3,(H,23,24). The van der Waals surface area contributed by atoms with Crippen molar-refractivity contribution in [2.75, 3.05) is 31.1 Å². The zero-order chi connectivity index (χ0) is 18.0. The van der Waals surface area contributed by atoms with Crippen molar-refractivity contribution >= 4 is 11.9 Å². The van der Waals surface area contributed by atoms with Gasteiger partial charge in [0.1, 0.15) is 17.6 Å². The Morgan fingerprint density at radius 1 is 1.40 bits per heavy atom. The van der Waals surface area contributed by atoms with E-state index in [-0.39, 0.29) is 0 Å². The summed E-state index contributed by atoms with van der Waals surface area (Å²) < 4.78 is 5.68. The van der Waals surface area contributed by atoms with E-state index >= 15 is 0 Å². The highest BCUT2D eigenvalue weighted by Crippen LogP contribution is 2.28. The third-order valence-electron chi connectivity index (χ3n) is 4.30. The number of anilines is 1. The van der Waals surface area contributed by atoms with E-state index in [1.165, 1.54) is 4.90 Å². The lowest BCUT2D eigenvalue weighted by Crippen LogP contribution is -2.48. The second-order valence-electron chi connectivity index (χ2n) is 5.85. The molecule has 8 heteroatoms. The lowest BCUT2D eigenvalue weighted by atomic mass is 10.1. The second-order valence-corrected chi connectivity index (χ2v) is 5.85. The molecule has 0 unspecified atom stereocenters. The lowest BCUT2D eigenvalue weighted by Gasteiger charge is -2.34. The summed E-state index contributed by atoms with van der Waals surface area (Å²) in [6.45, 7) is 5.63. The predicted molar refractivity (Wildman–Crippen MR) is 90.4 cm³/mol. The summed E-state index contributed by atoms with van der Waals surface area (Å²) in [7, 11) is 0. The first-order valence-corrected chi connectivity index (χ1v) is 8.13. The van der Waals surface area contributed by atoms with Crippen LogP contribution in [0.25, 0.3) is 11.5 Å². The van der Waals surface area contributed by atoms with Crippen LogP contribution in [0.5, 0.6) is 0 Å². The van der Waals surface area contributed by atoms with Crippen LogP contribution in [0.15, 0.2) is 16.7 Å². The van der Waals surface area contributed by atoms with E-state index in [2.05, 4.69) is 16.0 Å². The van der Waals surface area contributed by atoms with Gasteiger partial charge in [-0.2, -0.15) is 5.26 Å². The summed E-state index contributed by atoms with van der Waals surface area (Å²) in [5, 5.41) is 18.6. The van der Waals surface area contributed by atoms with Gasteiger partial charge in [-0.05, 0) is 13.0 Å². The highest BCUT2D eigenvalue weighted by Gasteiger charge is 2.24. The van der Waals surface area contributed by atoms with Crippen LogP contribution in [0.1, 0.15) is 23.9 Å². The number of oxazole rings is 1. The maximum absolute atomic E-state index is 11.0. The van der Waals surface area contributed by atoms with Crippen LogP contribution in [-0.2, 0) is 6.42 Å². The average molecular weight is 341 g/mol. The Morgan fingerprint density at radius 3 is 2.68 bits per heavy atom. The van der Waals surface area contributed by atoms with Crippen LogP contribution in [0.3, 0.4) is 0 Å². The zero-order valence-corrected chi connectivity index (χ0v) is 14.2. The average Bonchev–Trinajstić information content (AvgIpc) is 3.10.